The Labute approximate surface area is 117 Å². The Morgan fingerprint density at radius 1 is 1.26 bits per heavy atom. The van der Waals surface area contributed by atoms with Crippen LogP contribution in [0.2, 0.25) is 0 Å². The van der Waals surface area contributed by atoms with E-state index in [0.29, 0.717) is 37.5 Å². The minimum Gasteiger partial charge on any atom is -0.313 e. The van der Waals surface area contributed by atoms with Crippen molar-refractivity contribution in [1.82, 2.24) is 13.9 Å². The van der Waals surface area contributed by atoms with Crippen LogP contribution in [0.3, 0.4) is 0 Å². The van der Waals surface area contributed by atoms with Crippen LogP contribution in [0.1, 0.15) is 33.1 Å². The number of hydrogen-bond donors (Lipinski definition) is 1. The van der Waals surface area contributed by atoms with Gasteiger partial charge in [-0.3, -0.25) is 0 Å². The van der Waals surface area contributed by atoms with Crippen LogP contribution in [0.5, 0.6) is 0 Å². The summed E-state index contributed by atoms with van der Waals surface area (Å²) in [7, 11) is -1.58. The predicted molar refractivity (Wildman–Crippen MR) is 77.1 cm³/mol. The van der Waals surface area contributed by atoms with Crippen LogP contribution < -0.4 is 5.32 Å². The molecule has 112 valence electrons. The summed E-state index contributed by atoms with van der Waals surface area (Å²) in [6.07, 6.45) is 3.35. The van der Waals surface area contributed by atoms with Crippen LogP contribution in [0.25, 0.3) is 0 Å². The number of piperidine rings is 1. The van der Waals surface area contributed by atoms with Crippen LogP contribution in [-0.2, 0) is 10.2 Å². The second-order valence-electron chi connectivity index (χ2n) is 6.34. The van der Waals surface area contributed by atoms with Crippen LogP contribution >= 0.6 is 0 Å². The zero-order chi connectivity index (χ0) is 14.0. The molecule has 2 aliphatic heterocycles. The third kappa shape index (κ3) is 3.68. The summed E-state index contributed by atoms with van der Waals surface area (Å²) < 4.78 is 28.4. The fourth-order valence-electron chi connectivity index (χ4n) is 3.31. The fourth-order valence-corrected chi connectivity index (χ4v) is 4.96. The molecule has 0 saturated carbocycles. The van der Waals surface area contributed by atoms with E-state index in [0.717, 1.165) is 25.8 Å². The lowest BCUT2D eigenvalue weighted by Crippen LogP contribution is -2.50. The number of likely N-dealkylation sites (N-methyl/N-ethyl adjacent to an activating group) is 1. The van der Waals surface area contributed by atoms with Gasteiger partial charge >= 0.3 is 0 Å². The molecular weight excluding hydrogens is 262 g/mol. The topological polar surface area (TPSA) is 52.7 Å². The molecule has 1 N–H and O–H groups in total. The van der Waals surface area contributed by atoms with Crippen LogP contribution in [0, 0.1) is 11.8 Å². The molecular formula is C13H27N3O2S. The third-order valence-corrected chi connectivity index (χ3v) is 6.08. The van der Waals surface area contributed by atoms with Gasteiger partial charge in [-0.1, -0.05) is 13.8 Å². The first-order chi connectivity index (χ1) is 8.89. The van der Waals surface area contributed by atoms with Gasteiger partial charge in [-0.05, 0) is 37.6 Å². The lowest BCUT2D eigenvalue weighted by Gasteiger charge is -2.36. The molecule has 2 aliphatic rings. The Morgan fingerprint density at radius 3 is 2.42 bits per heavy atom. The van der Waals surface area contributed by atoms with E-state index in [1.165, 1.54) is 4.31 Å². The van der Waals surface area contributed by atoms with E-state index in [1.807, 2.05) is 0 Å². The average molecular weight is 289 g/mol. The number of rotatable bonds is 4. The van der Waals surface area contributed by atoms with Crippen molar-refractivity contribution in [2.45, 2.75) is 39.2 Å². The summed E-state index contributed by atoms with van der Waals surface area (Å²) in [5.41, 5.74) is 0. The monoisotopic (exact) mass is 289 g/mol. The molecule has 0 aromatic rings. The molecule has 2 heterocycles. The molecule has 0 bridgehead atoms. The molecule has 19 heavy (non-hydrogen) atoms. The van der Waals surface area contributed by atoms with Gasteiger partial charge in [-0.2, -0.15) is 17.0 Å². The lowest BCUT2D eigenvalue weighted by molar-refractivity contribution is 0.210. The maximum absolute atomic E-state index is 12.6. The van der Waals surface area contributed by atoms with Crippen molar-refractivity contribution in [2.75, 3.05) is 33.2 Å². The number of nitrogens with one attached hydrogen (secondary N) is 1. The molecule has 0 aromatic heterocycles. The highest BCUT2D eigenvalue weighted by Gasteiger charge is 2.34. The Balaban J connectivity index is 1.99. The van der Waals surface area contributed by atoms with Crippen LogP contribution in [0.15, 0.2) is 0 Å². The molecule has 2 rings (SSSR count). The summed E-state index contributed by atoms with van der Waals surface area (Å²) in [5.74, 6) is 0.910. The zero-order valence-corrected chi connectivity index (χ0v) is 13.1. The normalized spacial score (nSPS) is 34.0. The van der Waals surface area contributed by atoms with Crippen molar-refractivity contribution in [2.24, 2.45) is 11.8 Å². The molecule has 0 amide bonds. The molecule has 2 fully saturated rings. The van der Waals surface area contributed by atoms with Crippen molar-refractivity contribution in [3.63, 3.8) is 0 Å². The largest absolute Gasteiger partial charge is 0.313 e. The van der Waals surface area contributed by atoms with Gasteiger partial charge in [0.05, 0.1) is 0 Å². The van der Waals surface area contributed by atoms with E-state index in [-0.39, 0.29) is 0 Å². The van der Waals surface area contributed by atoms with Gasteiger partial charge in [0.2, 0.25) is 0 Å². The Morgan fingerprint density at radius 2 is 1.89 bits per heavy atom. The number of nitrogens with zero attached hydrogens (tertiary/aromatic N) is 2. The van der Waals surface area contributed by atoms with E-state index < -0.39 is 10.2 Å². The summed E-state index contributed by atoms with van der Waals surface area (Å²) in [5, 5.41) is 3.36. The minimum atomic E-state index is -3.29. The number of hydrogen-bond acceptors (Lipinski definition) is 3. The molecule has 0 spiro atoms. The molecule has 0 aliphatic carbocycles. The van der Waals surface area contributed by atoms with Crippen LogP contribution in [0.4, 0.5) is 0 Å². The standard InChI is InChI=1S/C13H27N3O2S/c1-11-7-12(2)9-16(8-11)19(17,18)15(3)10-13-5-4-6-14-13/h11-14H,4-10H2,1-3H3. The maximum Gasteiger partial charge on any atom is 0.281 e. The van der Waals surface area contributed by atoms with Gasteiger partial charge in [0, 0.05) is 32.7 Å². The zero-order valence-electron chi connectivity index (χ0n) is 12.3. The first-order valence-corrected chi connectivity index (χ1v) is 8.74. The van der Waals surface area contributed by atoms with Crippen LogP contribution in [-0.4, -0.2) is 56.3 Å². The second-order valence-corrected chi connectivity index (χ2v) is 8.38. The average Bonchev–Trinajstić information content (AvgIpc) is 2.80. The molecule has 2 saturated heterocycles. The molecule has 6 heteroatoms. The van der Waals surface area contributed by atoms with Gasteiger partial charge in [-0.15, -0.1) is 0 Å². The van der Waals surface area contributed by atoms with E-state index in [2.05, 4.69) is 19.2 Å². The first kappa shape index (κ1) is 15.2. The molecule has 3 unspecified atom stereocenters. The summed E-state index contributed by atoms with van der Waals surface area (Å²) in [6.45, 7) is 7.19. The second kappa shape index (κ2) is 6.08. The van der Waals surface area contributed by atoms with Crippen molar-refractivity contribution in [1.29, 1.82) is 0 Å². The Kier molecular flexibility index (Phi) is 4.87. The van der Waals surface area contributed by atoms with Gasteiger partial charge in [0.25, 0.3) is 10.2 Å². The Bertz CT molecular complexity index is 383. The third-order valence-electron chi connectivity index (χ3n) is 4.20. The highest BCUT2D eigenvalue weighted by molar-refractivity contribution is 7.86. The van der Waals surface area contributed by atoms with Gasteiger partial charge < -0.3 is 5.32 Å². The minimum absolute atomic E-state index is 0.319. The highest BCUT2D eigenvalue weighted by Crippen LogP contribution is 2.24. The summed E-state index contributed by atoms with van der Waals surface area (Å²) in [4.78, 5) is 0. The van der Waals surface area contributed by atoms with Gasteiger partial charge in [-0.25, -0.2) is 0 Å². The van der Waals surface area contributed by atoms with Gasteiger partial charge in [0.15, 0.2) is 0 Å². The Hall–Kier alpha value is -0.170. The predicted octanol–water partition coefficient (Wildman–Crippen LogP) is 0.893. The fraction of sp³-hybridized carbons (Fsp3) is 1.00. The smallest absolute Gasteiger partial charge is 0.281 e. The highest BCUT2D eigenvalue weighted by atomic mass is 32.2. The lowest BCUT2D eigenvalue weighted by atomic mass is 9.94. The van der Waals surface area contributed by atoms with Crippen molar-refractivity contribution in [3.05, 3.63) is 0 Å². The quantitative estimate of drug-likeness (QED) is 0.836. The van der Waals surface area contributed by atoms with E-state index in [1.54, 1.807) is 11.4 Å². The molecule has 5 nitrogen and oxygen atoms in total. The molecule has 0 aromatic carbocycles. The van der Waals surface area contributed by atoms with Crippen molar-refractivity contribution >= 4 is 10.2 Å². The summed E-state index contributed by atoms with van der Waals surface area (Å²) in [6, 6.07) is 0.319. The van der Waals surface area contributed by atoms with E-state index in [9.17, 15) is 8.42 Å². The maximum atomic E-state index is 12.6. The van der Waals surface area contributed by atoms with Gasteiger partial charge in [0.1, 0.15) is 0 Å². The van der Waals surface area contributed by atoms with E-state index >= 15 is 0 Å². The molecule has 0 radical (unpaired) electrons. The van der Waals surface area contributed by atoms with E-state index in [4.69, 9.17) is 0 Å². The van der Waals surface area contributed by atoms with Crippen molar-refractivity contribution < 1.29 is 8.42 Å². The first-order valence-electron chi connectivity index (χ1n) is 7.34. The SMILES string of the molecule is CC1CC(C)CN(S(=O)(=O)N(C)CC2CCCN2)C1. The van der Waals surface area contributed by atoms with Crippen molar-refractivity contribution in [3.8, 4) is 0 Å². The molecule has 3 atom stereocenters. The summed E-state index contributed by atoms with van der Waals surface area (Å²) >= 11 is 0.